The van der Waals surface area contributed by atoms with Crippen molar-refractivity contribution in [2.45, 2.75) is 64.1 Å². The third-order valence-corrected chi connectivity index (χ3v) is 6.06. The second-order valence-corrected chi connectivity index (χ2v) is 10.4. The number of halogens is 5. The van der Waals surface area contributed by atoms with E-state index in [1.165, 1.54) is 0 Å². The molecule has 0 fully saturated rings. The van der Waals surface area contributed by atoms with Crippen molar-refractivity contribution in [3.05, 3.63) is 68.7 Å². The fraction of sp³-hybridized carbons (Fsp3) is 0.440. The molecule has 0 bridgehead atoms. The van der Waals surface area contributed by atoms with Gasteiger partial charge in [-0.3, -0.25) is 4.99 Å². The van der Waals surface area contributed by atoms with Crippen molar-refractivity contribution in [3.8, 4) is 0 Å². The molecule has 2 aromatic carbocycles. The molecule has 0 spiro atoms. The van der Waals surface area contributed by atoms with Crippen LogP contribution in [0.1, 0.15) is 67.1 Å². The number of carbonyl (C=O) groups is 1. The van der Waals surface area contributed by atoms with E-state index in [9.17, 15) is 18.0 Å². The lowest BCUT2D eigenvalue weighted by atomic mass is 9.74. The number of aryl methyl sites for hydroxylation is 1. The van der Waals surface area contributed by atoms with E-state index >= 15 is 0 Å². The molecule has 0 aliphatic carbocycles. The Morgan fingerprint density at radius 2 is 1.73 bits per heavy atom. The van der Waals surface area contributed by atoms with Gasteiger partial charge < -0.3 is 4.74 Å². The summed E-state index contributed by atoms with van der Waals surface area (Å²) in [6.45, 7) is 7.38. The largest absolute Gasteiger partial charge is 0.456 e. The summed E-state index contributed by atoms with van der Waals surface area (Å²) >= 11 is 12.3. The second-order valence-electron chi connectivity index (χ2n) is 9.52. The average Bonchev–Trinajstić information content (AvgIpc) is 3.09. The molecule has 1 atom stereocenters. The predicted octanol–water partition coefficient (Wildman–Crippen LogP) is 7.73. The number of hydrogen-bond acceptors (Lipinski definition) is 3. The molecule has 0 unspecified atom stereocenters. The first kappa shape index (κ1) is 25.6. The Kier molecular flexibility index (Phi) is 7.21. The lowest BCUT2D eigenvalue weighted by molar-refractivity contribution is -0.138. The summed E-state index contributed by atoms with van der Waals surface area (Å²) in [5, 5.41) is 0.741. The van der Waals surface area contributed by atoms with Gasteiger partial charge in [0.15, 0.2) is 0 Å². The van der Waals surface area contributed by atoms with Crippen molar-refractivity contribution in [1.82, 2.24) is 0 Å². The van der Waals surface area contributed by atoms with Gasteiger partial charge >= 0.3 is 12.1 Å². The van der Waals surface area contributed by atoms with Crippen molar-refractivity contribution < 1.29 is 22.7 Å². The summed E-state index contributed by atoms with van der Waals surface area (Å²) in [5.74, 6) is -0.423. The van der Waals surface area contributed by atoms with E-state index in [0.29, 0.717) is 38.9 Å². The molecular formula is C25H26Cl2F3NO2. The predicted molar refractivity (Wildman–Crippen MR) is 126 cm³/mol. The van der Waals surface area contributed by atoms with Gasteiger partial charge in [0.2, 0.25) is 0 Å². The summed E-state index contributed by atoms with van der Waals surface area (Å²) in [5.41, 5.74) is 1.77. The highest BCUT2D eigenvalue weighted by Gasteiger charge is 2.42. The quantitative estimate of drug-likeness (QED) is 0.394. The van der Waals surface area contributed by atoms with Crippen molar-refractivity contribution in [1.29, 1.82) is 0 Å². The molecule has 0 saturated carbocycles. The topological polar surface area (TPSA) is 38.7 Å². The van der Waals surface area contributed by atoms with Crippen molar-refractivity contribution in [2.24, 2.45) is 4.99 Å². The van der Waals surface area contributed by atoms with Crippen molar-refractivity contribution in [3.63, 3.8) is 0 Å². The van der Waals surface area contributed by atoms with Crippen molar-refractivity contribution >= 4 is 34.9 Å². The maximum Gasteiger partial charge on any atom is 0.389 e. The lowest BCUT2D eigenvalue weighted by Crippen LogP contribution is -2.30. The Hall–Kier alpha value is -2.05. The van der Waals surface area contributed by atoms with Gasteiger partial charge in [-0.1, -0.05) is 29.3 Å². The summed E-state index contributed by atoms with van der Waals surface area (Å²) in [4.78, 5) is 17.1. The smallest absolute Gasteiger partial charge is 0.389 e. The van der Waals surface area contributed by atoms with Gasteiger partial charge in [0, 0.05) is 40.6 Å². The van der Waals surface area contributed by atoms with Gasteiger partial charge in [0.25, 0.3) is 0 Å². The lowest BCUT2D eigenvalue weighted by Gasteiger charge is -2.30. The summed E-state index contributed by atoms with van der Waals surface area (Å²) in [6, 6.07) is 10.1. The molecule has 1 heterocycles. The highest BCUT2D eigenvalue weighted by atomic mass is 35.5. The van der Waals surface area contributed by atoms with Crippen LogP contribution in [0, 0.1) is 6.92 Å². The van der Waals surface area contributed by atoms with Crippen LogP contribution >= 0.6 is 23.2 Å². The standard InChI is InChI=1S/C25H26Cl2F3NO2/c1-15-9-16(5-6-20(15)22(32)33-23(2,3)4)21-13-24(14-31-21,7-8-25(28,29)30)17-10-18(26)12-19(27)11-17/h5-6,9-12H,7-8,13-14H2,1-4H3/t24-/m1/s1. The number of nitrogens with zero attached hydrogens (tertiary/aromatic N) is 1. The number of rotatable bonds is 5. The van der Waals surface area contributed by atoms with Crippen molar-refractivity contribution in [2.75, 3.05) is 6.54 Å². The third-order valence-electron chi connectivity index (χ3n) is 5.62. The van der Waals surface area contributed by atoms with Gasteiger partial charge in [0.1, 0.15) is 5.60 Å². The number of hydrogen-bond donors (Lipinski definition) is 0. The fourth-order valence-corrected chi connectivity index (χ4v) is 4.55. The summed E-state index contributed by atoms with van der Waals surface area (Å²) in [6.07, 6.45) is -5.04. The maximum atomic E-state index is 13.1. The van der Waals surface area contributed by atoms with E-state index in [4.69, 9.17) is 27.9 Å². The molecule has 0 amide bonds. The Bertz CT molecular complexity index is 1070. The van der Waals surface area contributed by atoms with Gasteiger partial charge in [-0.25, -0.2) is 4.79 Å². The van der Waals surface area contributed by atoms with E-state index in [0.717, 1.165) is 5.56 Å². The number of benzene rings is 2. The minimum Gasteiger partial charge on any atom is -0.456 e. The van der Waals surface area contributed by atoms with Gasteiger partial charge in [0.05, 0.1) is 5.56 Å². The zero-order valence-corrected chi connectivity index (χ0v) is 20.5. The minimum atomic E-state index is -4.29. The van der Waals surface area contributed by atoms with Crippen LogP contribution in [0.3, 0.4) is 0 Å². The third kappa shape index (κ3) is 6.51. The van der Waals surface area contributed by atoms with E-state index in [1.807, 2.05) is 6.07 Å². The molecule has 8 heteroatoms. The van der Waals surface area contributed by atoms with E-state index in [-0.39, 0.29) is 13.0 Å². The van der Waals surface area contributed by atoms with Crippen LogP contribution in [0.25, 0.3) is 0 Å². The molecule has 0 radical (unpaired) electrons. The van der Waals surface area contributed by atoms with Gasteiger partial charge in [-0.2, -0.15) is 13.2 Å². The monoisotopic (exact) mass is 499 g/mol. The zero-order chi connectivity index (χ0) is 24.6. The van der Waals surface area contributed by atoms with Crippen LogP contribution in [-0.2, 0) is 10.2 Å². The molecule has 1 aliphatic heterocycles. The van der Waals surface area contributed by atoms with Crippen LogP contribution in [0.2, 0.25) is 10.0 Å². The van der Waals surface area contributed by atoms with Crippen LogP contribution < -0.4 is 0 Å². The SMILES string of the molecule is Cc1cc(C2=NC[C@](CCC(F)(F)F)(c3cc(Cl)cc(Cl)c3)C2)ccc1C(=O)OC(C)(C)C. The van der Waals surface area contributed by atoms with E-state index < -0.39 is 29.6 Å². The molecule has 178 valence electrons. The van der Waals surface area contributed by atoms with Crippen LogP contribution in [-0.4, -0.2) is 30.0 Å². The van der Waals surface area contributed by atoms with Crippen LogP contribution in [0.5, 0.6) is 0 Å². The Balaban J connectivity index is 1.90. The van der Waals surface area contributed by atoms with Gasteiger partial charge in [-0.15, -0.1) is 0 Å². The molecule has 3 nitrogen and oxygen atoms in total. The highest BCUT2D eigenvalue weighted by Crippen LogP contribution is 2.43. The first-order valence-corrected chi connectivity index (χ1v) is 11.3. The second kappa shape index (κ2) is 9.30. The first-order valence-electron chi connectivity index (χ1n) is 10.6. The van der Waals surface area contributed by atoms with Crippen LogP contribution in [0.15, 0.2) is 41.4 Å². The van der Waals surface area contributed by atoms with Crippen LogP contribution in [0.4, 0.5) is 13.2 Å². The first-order chi connectivity index (χ1) is 15.2. The minimum absolute atomic E-state index is 0.130. The number of ether oxygens (including phenoxy) is 1. The fourth-order valence-electron chi connectivity index (χ4n) is 4.02. The molecule has 3 rings (SSSR count). The molecule has 0 N–H and O–H groups in total. The average molecular weight is 500 g/mol. The number of carbonyl (C=O) groups excluding carboxylic acids is 1. The maximum absolute atomic E-state index is 13.1. The summed E-state index contributed by atoms with van der Waals surface area (Å²) < 4.78 is 44.8. The Morgan fingerprint density at radius 3 is 2.27 bits per heavy atom. The zero-order valence-electron chi connectivity index (χ0n) is 18.9. The molecule has 0 saturated heterocycles. The molecule has 0 aromatic heterocycles. The number of alkyl halides is 3. The summed E-state index contributed by atoms with van der Waals surface area (Å²) in [7, 11) is 0. The molecular weight excluding hydrogens is 474 g/mol. The number of esters is 1. The van der Waals surface area contributed by atoms with E-state index in [1.54, 1.807) is 58.0 Å². The Labute approximate surface area is 202 Å². The highest BCUT2D eigenvalue weighted by molar-refractivity contribution is 6.34. The number of aliphatic imine (C=N–C) groups is 1. The normalized spacial score (nSPS) is 18.9. The molecule has 2 aromatic rings. The molecule has 1 aliphatic rings. The van der Waals surface area contributed by atoms with E-state index in [2.05, 4.69) is 4.99 Å². The van der Waals surface area contributed by atoms with Gasteiger partial charge in [-0.05, 0) is 81.1 Å². The Morgan fingerprint density at radius 1 is 1.09 bits per heavy atom. The molecule has 33 heavy (non-hydrogen) atoms.